The maximum absolute atomic E-state index is 12.7. The van der Waals surface area contributed by atoms with Crippen LogP contribution in [0.4, 0.5) is 23.1 Å². The van der Waals surface area contributed by atoms with Crippen molar-refractivity contribution in [3.63, 3.8) is 0 Å². The second-order valence-corrected chi connectivity index (χ2v) is 7.82. The maximum Gasteiger partial charge on any atom is 0.263 e. The molecule has 0 spiro atoms. The first-order valence-corrected chi connectivity index (χ1v) is 10.2. The van der Waals surface area contributed by atoms with Gasteiger partial charge in [-0.1, -0.05) is 5.16 Å². The zero-order chi connectivity index (χ0) is 21.7. The predicted octanol–water partition coefficient (Wildman–Crippen LogP) is 1.99. The van der Waals surface area contributed by atoms with Crippen LogP contribution in [0.15, 0.2) is 46.8 Å². The molecule has 11 nitrogen and oxygen atoms in total. The minimum absolute atomic E-state index is 0.0678. The summed E-state index contributed by atoms with van der Waals surface area (Å²) in [6.45, 7) is 3.46. The molecule has 3 aromatic rings. The molecule has 12 heteroatoms. The van der Waals surface area contributed by atoms with Gasteiger partial charge in [0.25, 0.3) is 10.0 Å². The van der Waals surface area contributed by atoms with Crippen LogP contribution in [0.25, 0.3) is 0 Å². The summed E-state index contributed by atoms with van der Waals surface area (Å²) in [4.78, 5) is 21.1. The molecule has 4 N–H and O–H groups in total. The van der Waals surface area contributed by atoms with Crippen molar-refractivity contribution in [1.29, 1.82) is 0 Å². The highest BCUT2D eigenvalue weighted by atomic mass is 32.2. The number of aryl methyl sites for hydroxylation is 2. The Morgan fingerprint density at radius 3 is 2.50 bits per heavy atom. The Balaban J connectivity index is 1.81. The molecule has 30 heavy (non-hydrogen) atoms. The summed E-state index contributed by atoms with van der Waals surface area (Å²) in [6.07, 6.45) is 4.18. The minimum Gasteiger partial charge on any atom is -0.399 e. The van der Waals surface area contributed by atoms with Crippen molar-refractivity contribution in [3.8, 4) is 0 Å². The van der Waals surface area contributed by atoms with Crippen LogP contribution in [0.3, 0.4) is 0 Å². The van der Waals surface area contributed by atoms with Gasteiger partial charge in [-0.3, -0.25) is 9.71 Å². The number of anilines is 4. The number of sulfonamides is 1. The van der Waals surface area contributed by atoms with Crippen LogP contribution in [0.1, 0.15) is 17.0 Å². The second kappa shape index (κ2) is 8.69. The Labute approximate surface area is 173 Å². The summed E-state index contributed by atoms with van der Waals surface area (Å²) in [7, 11) is -2.43. The SMILES string of the molecule is CON=Cc1c(N)ncnc1Nc1ccc(S(=O)(=O)Nc2ncc(C)nc2C)cc1. The van der Waals surface area contributed by atoms with Crippen LogP contribution in [0.2, 0.25) is 0 Å². The summed E-state index contributed by atoms with van der Waals surface area (Å²) in [5.74, 6) is 0.787. The summed E-state index contributed by atoms with van der Waals surface area (Å²) in [6, 6.07) is 6.10. The van der Waals surface area contributed by atoms with Gasteiger partial charge in [0.1, 0.15) is 25.1 Å². The molecule has 0 radical (unpaired) electrons. The monoisotopic (exact) mass is 428 g/mol. The molecule has 0 aliphatic heterocycles. The van der Waals surface area contributed by atoms with Crippen molar-refractivity contribution in [2.45, 2.75) is 18.7 Å². The predicted molar refractivity (Wildman–Crippen MR) is 113 cm³/mol. The number of nitrogens with two attached hydrogens (primary N) is 1. The number of aromatic nitrogens is 4. The summed E-state index contributed by atoms with van der Waals surface area (Å²) < 4.78 is 27.8. The van der Waals surface area contributed by atoms with E-state index in [1.807, 2.05) is 0 Å². The van der Waals surface area contributed by atoms with Gasteiger partial charge in [-0.2, -0.15) is 0 Å². The molecule has 3 rings (SSSR count). The quantitative estimate of drug-likeness (QED) is 0.378. The molecule has 0 aliphatic carbocycles. The smallest absolute Gasteiger partial charge is 0.263 e. The summed E-state index contributed by atoms with van der Waals surface area (Å²) >= 11 is 0. The Hall–Kier alpha value is -3.80. The Morgan fingerprint density at radius 2 is 1.83 bits per heavy atom. The van der Waals surface area contributed by atoms with Crippen LogP contribution in [0.5, 0.6) is 0 Å². The maximum atomic E-state index is 12.7. The Bertz CT molecular complexity index is 1180. The van der Waals surface area contributed by atoms with E-state index in [-0.39, 0.29) is 16.5 Å². The lowest BCUT2D eigenvalue weighted by Crippen LogP contribution is -2.15. The van der Waals surface area contributed by atoms with Crippen LogP contribution in [-0.2, 0) is 14.9 Å². The number of hydrogen-bond donors (Lipinski definition) is 3. The lowest BCUT2D eigenvalue weighted by Gasteiger charge is -2.12. The number of nitrogen functional groups attached to an aromatic ring is 1. The molecule has 0 atom stereocenters. The molecule has 156 valence electrons. The standard InChI is InChI=1S/C18H20N8O3S/c1-11-8-20-17(12(2)24-11)26-30(27,28)14-6-4-13(5-7-14)25-18-15(9-23-29-3)16(19)21-10-22-18/h4-10H,1-3H3,(H,20,26)(H3,19,21,22,25). The van der Waals surface area contributed by atoms with E-state index in [4.69, 9.17) is 5.73 Å². The van der Waals surface area contributed by atoms with E-state index in [0.29, 0.717) is 28.5 Å². The number of nitrogens with one attached hydrogen (secondary N) is 2. The molecular formula is C18H20N8O3S. The number of rotatable bonds is 7. The first-order valence-electron chi connectivity index (χ1n) is 8.67. The van der Waals surface area contributed by atoms with Gasteiger partial charge in [-0.15, -0.1) is 0 Å². The molecule has 0 bridgehead atoms. The topological polar surface area (TPSA) is 157 Å². The second-order valence-electron chi connectivity index (χ2n) is 6.14. The van der Waals surface area contributed by atoms with Gasteiger partial charge < -0.3 is 15.9 Å². The van der Waals surface area contributed by atoms with Crippen molar-refractivity contribution in [1.82, 2.24) is 19.9 Å². The third-order valence-electron chi connectivity index (χ3n) is 3.93. The van der Waals surface area contributed by atoms with Crippen molar-refractivity contribution >= 4 is 39.4 Å². The Kier molecular flexibility index (Phi) is 6.06. The van der Waals surface area contributed by atoms with Gasteiger partial charge in [0.2, 0.25) is 0 Å². The number of hydrogen-bond acceptors (Lipinski definition) is 10. The molecule has 0 saturated carbocycles. The van der Waals surface area contributed by atoms with Gasteiger partial charge in [0.15, 0.2) is 5.82 Å². The van der Waals surface area contributed by atoms with Crippen LogP contribution in [0, 0.1) is 13.8 Å². The normalized spacial score (nSPS) is 11.4. The molecule has 2 aromatic heterocycles. The van der Waals surface area contributed by atoms with Crippen molar-refractivity contribution in [2.75, 3.05) is 22.9 Å². The highest BCUT2D eigenvalue weighted by molar-refractivity contribution is 7.92. The van der Waals surface area contributed by atoms with Crippen LogP contribution < -0.4 is 15.8 Å². The van der Waals surface area contributed by atoms with Crippen molar-refractivity contribution in [2.24, 2.45) is 5.16 Å². The molecule has 0 aliphatic rings. The molecule has 1 aromatic carbocycles. The first kappa shape index (κ1) is 20.9. The van der Waals surface area contributed by atoms with Gasteiger partial charge in [-0.05, 0) is 38.1 Å². The van der Waals surface area contributed by atoms with Gasteiger partial charge in [-0.25, -0.2) is 23.4 Å². The fourth-order valence-electron chi connectivity index (χ4n) is 2.48. The number of oxime groups is 1. The number of benzene rings is 1. The summed E-state index contributed by atoms with van der Waals surface area (Å²) in [5.41, 5.74) is 8.07. The lowest BCUT2D eigenvalue weighted by molar-refractivity contribution is 0.215. The Morgan fingerprint density at radius 1 is 1.10 bits per heavy atom. The highest BCUT2D eigenvalue weighted by Gasteiger charge is 2.17. The molecule has 0 amide bonds. The third-order valence-corrected chi connectivity index (χ3v) is 5.28. The van der Waals surface area contributed by atoms with E-state index in [9.17, 15) is 8.42 Å². The van der Waals surface area contributed by atoms with Crippen molar-refractivity contribution in [3.05, 3.63) is 53.7 Å². The lowest BCUT2D eigenvalue weighted by atomic mass is 10.2. The van der Waals surface area contributed by atoms with Crippen LogP contribution >= 0.6 is 0 Å². The van der Waals surface area contributed by atoms with E-state index in [1.54, 1.807) is 26.0 Å². The minimum atomic E-state index is -3.83. The fraction of sp³-hybridized carbons (Fsp3) is 0.167. The number of nitrogens with zero attached hydrogens (tertiary/aromatic N) is 5. The van der Waals surface area contributed by atoms with E-state index >= 15 is 0 Å². The van der Waals surface area contributed by atoms with Crippen molar-refractivity contribution < 1.29 is 13.3 Å². The summed E-state index contributed by atoms with van der Waals surface area (Å²) in [5, 5.41) is 6.73. The van der Waals surface area contributed by atoms with E-state index in [0.717, 1.165) is 0 Å². The van der Waals surface area contributed by atoms with E-state index < -0.39 is 10.0 Å². The zero-order valence-corrected chi connectivity index (χ0v) is 17.3. The largest absolute Gasteiger partial charge is 0.399 e. The van der Waals surface area contributed by atoms with Gasteiger partial charge in [0.05, 0.1) is 34.3 Å². The average Bonchev–Trinajstić information content (AvgIpc) is 2.70. The van der Waals surface area contributed by atoms with E-state index in [2.05, 4.69) is 40.0 Å². The highest BCUT2D eigenvalue weighted by Crippen LogP contribution is 2.23. The molecule has 0 fully saturated rings. The fourth-order valence-corrected chi connectivity index (χ4v) is 3.55. The third kappa shape index (κ3) is 4.78. The van der Waals surface area contributed by atoms with Crippen LogP contribution in [-0.4, -0.2) is 41.7 Å². The zero-order valence-electron chi connectivity index (χ0n) is 16.5. The first-order chi connectivity index (χ1) is 14.3. The molecule has 2 heterocycles. The average molecular weight is 428 g/mol. The van der Waals surface area contributed by atoms with Gasteiger partial charge in [0, 0.05) is 5.69 Å². The molecular weight excluding hydrogens is 408 g/mol. The molecule has 0 unspecified atom stereocenters. The molecule has 0 saturated heterocycles. The van der Waals surface area contributed by atoms with E-state index in [1.165, 1.54) is 38.0 Å². The van der Waals surface area contributed by atoms with Gasteiger partial charge >= 0.3 is 0 Å².